The maximum atomic E-state index is 12.1. The average Bonchev–Trinajstić information content (AvgIpc) is 2.90. The zero-order chi connectivity index (χ0) is 13.0. The van der Waals surface area contributed by atoms with Gasteiger partial charge < -0.3 is 10.0 Å². The maximum Gasteiger partial charge on any atom is 0.222 e. The molecule has 18 heavy (non-hydrogen) atoms. The highest BCUT2D eigenvalue weighted by Crippen LogP contribution is 2.21. The fraction of sp³-hybridized carbons (Fsp3) is 0.929. The van der Waals surface area contributed by atoms with E-state index in [1.807, 2.05) is 4.90 Å². The van der Waals surface area contributed by atoms with E-state index in [1.165, 1.54) is 32.4 Å². The summed E-state index contributed by atoms with van der Waals surface area (Å²) in [5, 5.41) is 9.25. The molecule has 2 aliphatic heterocycles. The molecule has 1 amide bonds. The van der Waals surface area contributed by atoms with Crippen molar-refractivity contribution in [2.45, 2.75) is 57.6 Å². The van der Waals surface area contributed by atoms with Crippen molar-refractivity contribution < 1.29 is 9.90 Å². The Hall–Kier alpha value is -0.610. The zero-order valence-electron chi connectivity index (χ0n) is 11.5. The second kappa shape index (κ2) is 6.53. The van der Waals surface area contributed by atoms with Gasteiger partial charge in [-0.3, -0.25) is 9.69 Å². The quantitative estimate of drug-likeness (QED) is 0.821. The first-order valence-electron chi connectivity index (χ1n) is 7.36. The Morgan fingerprint density at radius 3 is 2.67 bits per heavy atom. The number of aliphatic hydroxyl groups is 1. The predicted molar refractivity (Wildman–Crippen MR) is 71.3 cm³/mol. The van der Waals surface area contributed by atoms with Crippen molar-refractivity contribution in [2.24, 2.45) is 0 Å². The van der Waals surface area contributed by atoms with Crippen molar-refractivity contribution in [3.63, 3.8) is 0 Å². The van der Waals surface area contributed by atoms with Crippen LogP contribution in [0.2, 0.25) is 0 Å². The molecule has 0 aromatic carbocycles. The van der Waals surface area contributed by atoms with E-state index >= 15 is 0 Å². The van der Waals surface area contributed by atoms with E-state index in [4.69, 9.17) is 0 Å². The number of hydrogen-bond donors (Lipinski definition) is 1. The molecule has 0 aliphatic carbocycles. The molecule has 0 aromatic heterocycles. The molecule has 0 aromatic rings. The lowest BCUT2D eigenvalue weighted by Gasteiger charge is -2.37. The fourth-order valence-electron chi connectivity index (χ4n) is 3.08. The molecule has 0 radical (unpaired) electrons. The van der Waals surface area contributed by atoms with Gasteiger partial charge in [-0.2, -0.15) is 0 Å². The van der Waals surface area contributed by atoms with E-state index in [0.717, 1.165) is 19.5 Å². The molecule has 2 fully saturated rings. The first kappa shape index (κ1) is 13.8. The number of hydrogen-bond acceptors (Lipinski definition) is 3. The highest BCUT2D eigenvalue weighted by atomic mass is 16.3. The van der Waals surface area contributed by atoms with Crippen LogP contribution in [0.4, 0.5) is 0 Å². The third-order valence-electron chi connectivity index (χ3n) is 4.18. The third-order valence-corrected chi connectivity index (χ3v) is 4.18. The summed E-state index contributed by atoms with van der Waals surface area (Å²) >= 11 is 0. The second-order valence-corrected chi connectivity index (χ2v) is 5.77. The minimum atomic E-state index is -0.367. The normalized spacial score (nSPS) is 27.4. The minimum absolute atomic E-state index is 0.222. The lowest BCUT2D eigenvalue weighted by Crippen LogP contribution is -2.49. The summed E-state index contributed by atoms with van der Waals surface area (Å²) in [5.74, 6) is 0.222. The monoisotopic (exact) mass is 254 g/mol. The predicted octanol–water partition coefficient (Wildman–Crippen LogP) is 1.23. The molecule has 1 N–H and O–H groups in total. The van der Waals surface area contributed by atoms with Crippen molar-refractivity contribution in [1.82, 2.24) is 9.80 Å². The van der Waals surface area contributed by atoms with Crippen LogP contribution in [0.3, 0.4) is 0 Å². The van der Waals surface area contributed by atoms with Gasteiger partial charge in [0.1, 0.15) is 0 Å². The summed E-state index contributed by atoms with van der Waals surface area (Å²) in [5.41, 5.74) is 0. The van der Waals surface area contributed by atoms with Crippen LogP contribution in [-0.2, 0) is 4.79 Å². The summed E-state index contributed by atoms with van der Waals surface area (Å²) < 4.78 is 0. The first-order valence-corrected chi connectivity index (χ1v) is 7.36. The summed E-state index contributed by atoms with van der Waals surface area (Å²) in [4.78, 5) is 16.6. The van der Waals surface area contributed by atoms with Gasteiger partial charge in [-0.15, -0.1) is 0 Å². The molecule has 0 bridgehead atoms. The van der Waals surface area contributed by atoms with E-state index in [-0.39, 0.29) is 12.0 Å². The highest BCUT2D eigenvalue weighted by Gasteiger charge is 2.28. The number of aliphatic hydroxyl groups excluding tert-OH is 1. The van der Waals surface area contributed by atoms with Gasteiger partial charge in [-0.05, 0) is 52.1 Å². The number of carbonyl (C=O) groups excluding carboxylic acids is 1. The van der Waals surface area contributed by atoms with Gasteiger partial charge in [0.2, 0.25) is 5.91 Å². The van der Waals surface area contributed by atoms with Crippen LogP contribution in [0, 0.1) is 0 Å². The zero-order valence-corrected chi connectivity index (χ0v) is 11.5. The SMILES string of the molecule is CC(O)CCC(=O)N1CCCC(N2CCCC2)C1. The van der Waals surface area contributed by atoms with Gasteiger partial charge in [0, 0.05) is 25.6 Å². The van der Waals surface area contributed by atoms with Crippen LogP contribution in [0.15, 0.2) is 0 Å². The Kier molecular flexibility index (Phi) is 5.01. The van der Waals surface area contributed by atoms with Crippen molar-refractivity contribution in [3.05, 3.63) is 0 Å². The van der Waals surface area contributed by atoms with E-state index in [1.54, 1.807) is 6.92 Å². The molecule has 104 valence electrons. The van der Waals surface area contributed by atoms with Crippen LogP contribution >= 0.6 is 0 Å². The van der Waals surface area contributed by atoms with Crippen molar-refractivity contribution >= 4 is 5.91 Å². The summed E-state index contributed by atoms with van der Waals surface area (Å²) in [6.07, 6.45) is 5.70. The smallest absolute Gasteiger partial charge is 0.222 e. The molecule has 4 nitrogen and oxygen atoms in total. The van der Waals surface area contributed by atoms with E-state index in [2.05, 4.69) is 4.90 Å². The largest absolute Gasteiger partial charge is 0.393 e. The van der Waals surface area contributed by atoms with Gasteiger partial charge in [0.05, 0.1) is 6.10 Å². The topological polar surface area (TPSA) is 43.8 Å². The summed E-state index contributed by atoms with van der Waals surface area (Å²) in [6, 6.07) is 0.580. The number of piperidine rings is 1. The minimum Gasteiger partial charge on any atom is -0.393 e. The molecule has 4 heteroatoms. The molecule has 2 saturated heterocycles. The fourth-order valence-corrected chi connectivity index (χ4v) is 3.08. The summed E-state index contributed by atoms with van der Waals surface area (Å²) in [7, 11) is 0. The van der Waals surface area contributed by atoms with Crippen LogP contribution < -0.4 is 0 Å². The van der Waals surface area contributed by atoms with Gasteiger partial charge in [0.25, 0.3) is 0 Å². The van der Waals surface area contributed by atoms with Gasteiger partial charge >= 0.3 is 0 Å². The van der Waals surface area contributed by atoms with Crippen LogP contribution in [0.1, 0.15) is 45.4 Å². The Morgan fingerprint density at radius 1 is 1.28 bits per heavy atom. The molecule has 2 atom stereocenters. The van der Waals surface area contributed by atoms with Crippen LogP contribution in [0.5, 0.6) is 0 Å². The van der Waals surface area contributed by atoms with Gasteiger partial charge in [0.15, 0.2) is 0 Å². The number of nitrogens with zero attached hydrogens (tertiary/aromatic N) is 2. The molecule has 2 unspecified atom stereocenters. The molecule has 2 heterocycles. The number of likely N-dealkylation sites (tertiary alicyclic amines) is 2. The van der Waals surface area contributed by atoms with Crippen LogP contribution in [0.25, 0.3) is 0 Å². The van der Waals surface area contributed by atoms with Crippen molar-refractivity contribution in [3.8, 4) is 0 Å². The highest BCUT2D eigenvalue weighted by molar-refractivity contribution is 5.76. The first-order chi connectivity index (χ1) is 8.66. The molecule has 2 aliphatic rings. The molecular weight excluding hydrogens is 228 g/mol. The number of carbonyl (C=O) groups is 1. The van der Waals surface area contributed by atoms with Crippen molar-refractivity contribution in [1.29, 1.82) is 0 Å². The maximum absolute atomic E-state index is 12.1. The number of rotatable bonds is 4. The Morgan fingerprint density at radius 2 is 2.00 bits per heavy atom. The Bertz CT molecular complexity index is 275. The van der Waals surface area contributed by atoms with Gasteiger partial charge in [-0.25, -0.2) is 0 Å². The average molecular weight is 254 g/mol. The third kappa shape index (κ3) is 3.69. The molecule has 2 rings (SSSR count). The van der Waals surface area contributed by atoms with Crippen molar-refractivity contribution in [2.75, 3.05) is 26.2 Å². The van der Waals surface area contributed by atoms with E-state index in [0.29, 0.717) is 18.9 Å². The van der Waals surface area contributed by atoms with E-state index < -0.39 is 0 Å². The lowest BCUT2D eigenvalue weighted by atomic mass is 10.0. The van der Waals surface area contributed by atoms with Crippen LogP contribution in [-0.4, -0.2) is 59.1 Å². The summed E-state index contributed by atoms with van der Waals surface area (Å²) in [6.45, 7) is 5.97. The molecular formula is C14H26N2O2. The lowest BCUT2D eigenvalue weighted by molar-refractivity contribution is -0.133. The Labute approximate surface area is 110 Å². The Balaban J connectivity index is 1.80. The second-order valence-electron chi connectivity index (χ2n) is 5.77. The standard InChI is InChI=1S/C14H26N2O2/c1-12(17)6-7-14(18)16-10-4-5-13(11-16)15-8-2-3-9-15/h12-13,17H,2-11H2,1H3. The van der Waals surface area contributed by atoms with E-state index in [9.17, 15) is 9.90 Å². The van der Waals surface area contributed by atoms with Gasteiger partial charge in [-0.1, -0.05) is 0 Å². The molecule has 0 saturated carbocycles. The molecule has 0 spiro atoms. The number of amides is 1.